The molecule has 1 atom stereocenters. The van der Waals surface area contributed by atoms with Crippen LogP contribution in [0.1, 0.15) is 6.92 Å². The summed E-state index contributed by atoms with van der Waals surface area (Å²) in [5.74, 6) is 0. The predicted molar refractivity (Wildman–Crippen MR) is 41.9 cm³/mol. The zero-order valence-electron chi connectivity index (χ0n) is 5.48. The maximum absolute atomic E-state index is 10.2. The van der Waals surface area contributed by atoms with Crippen molar-refractivity contribution in [3.05, 3.63) is 0 Å². The summed E-state index contributed by atoms with van der Waals surface area (Å²) in [7, 11) is -2.91. The molecular weight excluding hydrogens is 201 g/mol. The van der Waals surface area contributed by atoms with Crippen molar-refractivity contribution in [2.75, 3.05) is 7.05 Å². The van der Waals surface area contributed by atoms with Crippen LogP contribution in [0.5, 0.6) is 0 Å². The Kier molecular flexibility index (Phi) is 5.69. The molecule has 0 saturated heterocycles. The molecule has 0 rings (SSSR count). The first kappa shape index (κ1) is 13.1. The molecule has 7 heteroatoms. The SMILES string of the molecule is CC(Cl)N(C)S(=O)(=O)O.Cl. The van der Waals surface area contributed by atoms with Gasteiger partial charge in [-0.3, -0.25) is 4.55 Å². The molecule has 0 amide bonds. The van der Waals surface area contributed by atoms with Gasteiger partial charge in [-0.15, -0.1) is 24.0 Å². The Balaban J connectivity index is 0. The first-order valence-electron chi connectivity index (χ1n) is 2.20. The Morgan fingerprint density at radius 3 is 1.90 bits per heavy atom. The summed E-state index contributed by atoms with van der Waals surface area (Å²) in [6.45, 7) is 1.44. The van der Waals surface area contributed by atoms with Gasteiger partial charge in [0.1, 0.15) is 0 Å². The molecule has 0 aliphatic carbocycles. The number of alkyl halides is 1. The van der Waals surface area contributed by atoms with E-state index in [1.807, 2.05) is 0 Å². The third kappa shape index (κ3) is 4.29. The summed E-state index contributed by atoms with van der Waals surface area (Å²) in [5, 5.41) is 0. The van der Waals surface area contributed by atoms with Gasteiger partial charge >= 0.3 is 10.3 Å². The highest BCUT2D eigenvalue weighted by atomic mass is 35.5. The van der Waals surface area contributed by atoms with E-state index < -0.39 is 15.8 Å². The Bertz CT molecular complexity index is 178. The van der Waals surface area contributed by atoms with Crippen LogP contribution in [-0.4, -0.2) is 29.8 Å². The monoisotopic (exact) mass is 209 g/mol. The minimum atomic E-state index is -4.10. The molecule has 0 saturated carbocycles. The van der Waals surface area contributed by atoms with Crippen LogP contribution in [0.15, 0.2) is 0 Å². The molecule has 0 radical (unpaired) electrons. The quantitative estimate of drug-likeness (QED) is 0.415. The van der Waals surface area contributed by atoms with E-state index >= 15 is 0 Å². The average Bonchev–Trinajstić information content (AvgIpc) is 1.62. The fourth-order valence-corrected chi connectivity index (χ4v) is 0.853. The molecule has 0 aromatic rings. The third-order valence-electron chi connectivity index (χ3n) is 0.865. The maximum atomic E-state index is 10.2. The van der Waals surface area contributed by atoms with Gasteiger partial charge in [-0.05, 0) is 6.92 Å². The van der Waals surface area contributed by atoms with E-state index in [9.17, 15) is 8.42 Å². The van der Waals surface area contributed by atoms with Crippen LogP contribution < -0.4 is 0 Å². The number of hydrogen-bond donors (Lipinski definition) is 1. The fraction of sp³-hybridized carbons (Fsp3) is 1.00. The van der Waals surface area contributed by atoms with Crippen LogP contribution in [0.3, 0.4) is 0 Å². The van der Waals surface area contributed by atoms with Crippen molar-refractivity contribution in [3.8, 4) is 0 Å². The minimum Gasteiger partial charge on any atom is -0.273 e. The van der Waals surface area contributed by atoms with Crippen LogP contribution in [0.2, 0.25) is 0 Å². The molecule has 0 bridgehead atoms. The number of halogens is 2. The summed E-state index contributed by atoms with van der Waals surface area (Å²) in [4.78, 5) is 0. The van der Waals surface area contributed by atoms with Crippen LogP contribution in [0.25, 0.3) is 0 Å². The lowest BCUT2D eigenvalue weighted by Crippen LogP contribution is -2.30. The number of nitrogens with zero attached hydrogens (tertiary/aromatic N) is 1. The summed E-state index contributed by atoms with van der Waals surface area (Å²) in [6, 6.07) is 0. The highest BCUT2D eigenvalue weighted by Crippen LogP contribution is 2.03. The summed E-state index contributed by atoms with van der Waals surface area (Å²) < 4.78 is 29.3. The van der Waals surface area contributed by atoms with Crippen LogP contribution in [0.4, 0.5) is 0 Å². The van der Waals surface area contributed by atoms with Gasteiger partial charge in [-0.2, -0.15) is 12.7 Å². The Morgan fingerprint density at radius 2 is 1.90 bits per heavy atom. The first-order chi connectivity index (χ1) is 3.85. The van der Waals surface area contributed by atoms with Gasteiger partial charge in [-0.25, -0.2) is 0 Å². The Hall–Kier alpha value is 0.450. The highest BCUT2D eigenvalue weighted by molar-refractivity contribution is 7.83. The van der Waals surface area contributed by atoms with Crippen LogP contribution >= 0.6 is 24.0 Å². The molecule has 64 valence electrons. The minimum absolute atomic E-state index is 0. The van der Waals surface area contributed by atoms with Gasteiger partial charge in [0, 0.05) is 7.05 Å². The second-order valence-electron chi connectivity index (χ2n) is 1.57. The smallest absolute Gasteiger partial charge is 0.273 e. The molecule has 0 aromatic heterocycles. The van der Waals surface area contributed by atoms with E-state index in [1.54, 1.807) is 0 Å². The average molecular weight is 210 g/mol. The molecule has 0 aromatic carbocycles. The van der Waals surface area contributed by atoms with Gasteiger partial charge in [0.2, 0.25) is 0 Å². The zero-order chi connectivity index (χ0) is 7.65. The molecular formula is C3H9Cl2NO3S. The molecule has 0 aliphatic heterocycles. The molecule has 0 spiro atoms. The van der Waals surface area contributed by atoms with Crippen molar-refractivity contribution in [2.24, 2.45) is 0 Å². The van der Waals surface area contributed by atoms with Crippen molar-refractivity contribution in [1.82, 2.24) is 4.31 Å². The van der Waals surface area contributed by atoms with E-state index in [0.29, 0.717) is 4.31 Å². The largest absolute Gasteiger partial charge is 0.336 e. The van der Waals surface area contributed by atoms with Crippen molar-refractivity contribution in [3.63, 3.8) is 0 Å². The van der Waals surface area contributed by atoms with E-state index in [2.05, 4.69) is 0 Å². The molecule has 1 N–H and O–H groups in total. The topological polar surface area (TPSA) is 57.6 Å². The number of rotatable bonds is 2. The fourth-order valence-electron chi connectivity index (χ4n) is 0.184. The second kappa shape index (κ2) is 4.35. The molecule has 4 nitrogen and oxygen atoms in total. The van der Waals surface area contributed by atoms with Gasteiger partial charge < -0.3 is 0 Å². The summed E-state index contributed by atoms with van der Waals surface area (Å²) >= 11 is 5.30. The zero-order valence-corrected chi connectivity index (χ0v) is 7.87. The van der Waals surface area contributed by atoms with Gasteiger partial charge in [-0.1, -0.05) is 0 Å². The van der Waals surface area contributed by atoms with E-state index in [4.69, 9.17) is 16.2 Å². The van der Waals surface area contributed by atoms with Crippen molar-refractivity contribution < 1.29 is 13.0 Å². The predicted octanol–water partition coefficient (Wildman–Crippen LogP) is 0.728. The molecule has 1 unspecified atom stereocenters. The normalized spacial score (nSPS) is 14.5. The molecule has 0 heterocycles. The van der Waals surface area contributed by atoms with Gasteiger partial charge in [0.15, 0.2) is 0 Å². The van der Waals surface area contributed by atoms with Crippen molar-refractivity contribution in [2.45, 2.75) is 12.4 Å². The second-order valence-corrected chi connectivity index (χ2v) is 3.67. The van der Waals surface area contributed by atoms with Gasteiger partial charge in [0.05, 0.1) is 5.50 Å². The highest BCUT2D eigenvalue weighted by Gasteiger charge is 2.17. The third-order valence-corrected chi connectivity index (χ3v) is 2.32. The van der Waals surface area contributed by atoms with E-state index in [-0.39, 0.29) is 12.4 Å². The van der Waals surface area contributed by atoms with E-state index in [0.717, 1.165) is 0 Å². The number of hydrogen-bond acceptors (Lipinski definition) is 2. The van der Waals surface area contributed by atoms with E-state index in [1.165, 1.54) is 14.0 Å². The standard InChI is InChI=1S/C3H8ClNO3S.ClH/c1-3(4)5(2)9(6,7)8;/h3H,1-2H3,(H,6,7,8);1H. The lowest BCUT2D eigenvalue weighted by Gasteiger charge is -2.13. The van der Waals surface area contributed by atoms with Gasteiger partial charge in [0.25, 0.3) is 0 Å². The van der Waals surface area contributed by atoms with Crippen LogP contribution in [-0.2, 0) is 10.3 Å². The Morgan fingerprint density at radius 1 is 1.60 bits per heavy atom. The summed E-state index contributed by atoms with van der Waals surface area (Å²) in [6.07, 6.45) is 0. The molecule has 0 aliphatic rings. The Labute approximate surface area is 71.4 Å². The maximum Gasteiger partial charge on any atom is 0.336 e. The lowest BCUT2D eigenvalue weighted by molar-refractivity contribution is 0.381. The summed E-state index contributed by atoms with van der Waals surface area (Å²) in [5.41, 5.74) is -0.722. The van der Waals surface area contributed by atoms with Crippen LogP contribution in [0, 0.1) is 0 Å². The van der Waals surface area contributed by atoms with Crippen molar-refractivity contribution in [1.29, 1.82) is 0 Å². The lowest BCUT2D eigenvalue weighted by atomic mass is 10.8. The van der Waals surface area contributed by atoms with Crippen molar-refractivity contribution >= 4 is 34.3 Å². The molecule has 10 heavy (non-hydrogen) atoms. The first-order valence-corrected chi connectivity index (χ1v) is 4.03. The molecule has 0 fully saturated rings.